The second-order valence-electron chi connectivity index (χ2n) is 4.68. The minimum atomic E-state index is -0.465. The number of aliphatic hydroxyl groups is 1. The molecule has 2 N–H and O–H groups in total. The van der Waals surface area contributed by atoms with Crippen LogP contribution in [0.2, 0.25) is 0 Å². The topological polar surface area (TPSA) is 50.1 Å². The summed E-state index contributed by atoms with van der Waals surface area (Å²) in [6.07, 6.45) is 3.64. The Morgan fingerprint density at radius 2 is 2.28 bits per heavy atom. The van der Waals surface area contributed by atoms with Gasteiger partial charge < -0.3 is 15.0 Å². The van der Waals surface area contributed by atoms with Crippen molar-refractivity contribution < 1.29 is 5.11 Å². The van der Waals surface area contributed by atoms with Crippen LogP contribution in [0, 0.1) is 0 Å². The highest BCUT2D eigenvalue weighted by Gasteiger charge is 2.09. The molecule has 0 aliphatic carbocycles. The summed E-state index contributed by atoms with van der Waals surface area (Å²) in [7, 11) is 1.97. The minimum absolute atomic E-state index is 0.465. The summed E-state index contributed by atoms with van der Waals surface area (Å²) in [5, 5.41) is 13.4. The molecule has 2 rings (SSSR count). The van der Waals surface area contributed by atoms with Gasteiger partial charge >= 0.3 is 0 Å². The number of nitrogens with one attached hydrogen (secondary N) is 1. The van der Waals surface area contributed by atoms with Crippen LogP contribution in [-0.4, -0.2) is 27.7 Å². The Kier molecular flexibility index (Phi) is 4.33. The van der Waals surface area contributed by atoms with E-state index in [1.807, 2.05) is 29.8 Å². The second-order valence-corrected chi connectivity index (χ2v) is 4.68. The monoisotopic (exact) mass is 247 g/mol. The summed E-state index contributed by atoms with van der Waals surface area (Å²) in [4.78, 5) is 4.30. The Hall–Kier alpha value is -1.39. The highest BCUT2D eigenvalue weighted by Crippen LogP contribution is 2.18. The summed E-state index contributed by atoms with van der Waals surface area (Å²) in [6, 6.07) is 5.94. The molecule has 0 amide bonds. The molecule has 1 unspecified atom stereocenters. The van der Waals surface area contributed by atoms with Gasteiger partial charge in [0.25, 0.3) is 0 Å². The van der Waals surface area contributed by atoms with Crippen molar-refractivity contribution in [1.82, 2.24) is 14.9 Å². The van der Waals surface area contributed by atoms with Crippen LogP contribution in [-0.2, 0) is 7.05 Å². The molecule has 1 atom stereocenters. The van der Waals surface area contributed by atoms with Gasteiger partial charge in [-0.15, -0.1) is 0 Å². The molecule has 0 aliphatic rings. The highest BCUT2D eigenvalue weighted by molar-refractivity contribution is 5.76. The molecule has 1 aromatic heterocycles. The predicted octanol–water partition coefficient (Wildman–Crippen LogP) is 2.00. The van der Waals surface area contributed by atoms with Gasteiger partial charge in [0.05, 0.1) is 23.5 Å². The lowest BCUT2D eigenvalue weighted by Crippen LogP contribution is -2.22. The Morgan fingerprint density at radius 1 is 1.44 bits per heavy atom. The lowest BCUT2D eigenvalue weighted by Gasteiger charge is -2.12. The average Bonchev–Trinajstić information content (AvgIpc) is 2.76. The van der Waals surface area contributed by atoms with Crippen molar-refractivity contribution in [3.05, 3.63) is 30.1 Å². The van der Waals surface area contributed by atoms with E-state index in [9.17, 15) is 5.11 Å². The number of benzene rings is 1. The Labute approximate surface area is 108 Å². The van der Waals surface area contributed by atoms with Gasteiger partial charge in [0.1, 0.15) is 0 Å². The van der Waals surface area contributed by atoms with Crippen LogP contribution < -0.4 is 5.32 Å². The van der Waals surface area contributed by atoms with E-state index in [1.54, 1.807) is 6.33 Å². The summed E-state index contributed by atoms with van der Waals surface area (Å²) in [5.41, 5.74) is 2.94. The van der Waals surface area contributed by atoms with Crippen LogP contribution in [0.5, 0.6) is 0 Å². The number of hydrogen-bond donors (Lipinski definition) is 2. The van der Waals surface area contributed by atoms with Gasteiger partial charge in [-0.2, -0.15) is 0 Å². The highest BCUT2D eigenvalue weighted by atomic mass is 16.3. The standard InChI is InChI=1S/C14H21N3O/c1-3-4-7-15-9-14(18)11-5-6-13-12(8-11)16-10-17(13)2/h5-6,8,10,14-15,18H,3-4,7,9H2,1-2H3. The molecule has 0 aliphatic heterocycles. The molecule has 0 saturated carbocycles. The first kappa shape index (κ1) is 13.1. The van der Waals surface area contributed by atoms with Crippen LogP contribution in [0.3, 0.4) is 0 Å². The number of aromatic nitrogens is 2. The number of aliphatic hydroxyl groups excluding tert-OH is 1. The smallest absolute Gasteiger partial charge is 0.0955 e. The maximum Gasteiger partial charge on any atom is 0.0955 e. The first-order valence-electron chi connectivity index (χ1n) is 6.52. The molecule has 0 spiro atoms. The molecule has 1 aromatic carbocycles. The van der Waals surface area contributed by atoms with Crippen molar-refractivity contribution in [2.75, 3.05) is 13.1 Å². The van der Waals surface area contributed by atoms with E-state index in [1.165, 1.54) is 6.42 Å². The van der Waals surface area contributed by atoms with Crippen molar-refractivity contribution in [2.24, 2.45) is 7.05 Å². The molecule has 2 aromatic rings. The van der Waals surface area contributed by atoms with Gasteiger partial charge in [-0.05, 0) is 30.7 Å². The van der Waals surface area contributed by atoms with E-state index in [0.29, 0.717) is 6.54 Å². The van der Waals surface area contributed by atoms with Crippen molar-refractivity contribution in [2.45, 2.75) is 25.9 Å². The number of fused-ring (bicyclic) bond motifs is 1. The molecular weight excluding hydrogens is 226 g/mol. The number of nitrogens with zero attached hydrogens (tertiary/aromatic N) is 2. The van der Waals surface area contributed by atoms with E-state index >= 15 is 0 Å². The zero-order valence-electron chi connectivity index (χ0n) is 11.1. The number of hydrogen-bond acceptors (Lipinski definition) is 3. The largest absolute Gasteiger partial charge is 0.387 e. The minimum Gasteiger partial charge on any atom is -0.387 e. The molecule has 4 nitrogen and oxygen atoms in total. The van der Waals surface area contributed by atoms with E-state index in [-0.39, 0.29) is 0 Å². The fourth-order valence-corrected chi connectivity index (χ4v) is 2.02. The SMILES string of the molecule is CCCCNCC(O)c1ccc2c(c1)ncn2C. The first-order valence-corrected chi connectivity index (χ1v) is 6.52. The van der Waals surface area contributed by atoms with E-state index in [0.717, 1.165) is 29.6 Å². The van der Waals surface area contributed by atoms with Crippen LogP contribution >= 0.6 is 0 Å². The second kappa shape index (κ2) is 5.98. The summed E-state index contributed by atoms with van der Waals surface area (Å²) < 4.78 is 1.98. The number of rotatable bonds is 6. The third-order valence-electron chi connectivity index (χ3n) is 3.18. The van der Waals surface area contributed by atoms with Crippen LogP contribution in [0.1, 0.15) is 31.4 Å². The molecule has 0 saturated heterocycles. The van der Waals surface area contributed by atoms with Crippen LogP contribution in [0.15, 0.2) is 24.5 Å². The predicted molar refractivity (Wildman–Crippen MR) is 73.5 cm³/mol. The third kappa shape index (κ3) is 2.89. The van der Waals surface area contributed by atoms with Gasteiger partial charge in [-0.1, -0.05) is 19.4 Å². The zero-order chi connectivity index (χ0) is 13.0. The van der Waals surface area contributed by atoms with Crippen molar-refractivity contribution in [3.8, 4) is 0 Å². The van der Waals surface area contributed by atoms with E-state index in [4.69, 9.17) is 0 Å². The summed E-state index contributed by atoms with van der Waals surface area (Å²) in [6.45, 7) is 3.71. The third-order valence-corrected chi connectivity index (χ3v) is 3.18. The fraction of sp³-hybridized carbons (Fsp3) is 0.500. The van der Waals surface area contributed by atoms with Gasteiger partial charge in [-0.3, -0.25) is 0 Å². The normalized spacial score (nSPS) is 13.1. The lowest BCUT2D eigenvalue weighted by atomic mass is 10.1. The number of unbranched alkanes of at least 4 members (excludes halogenated alkanes) is 1. The zero-order valence-corrected chi connectivity index (χ0v) is 11.1. The molecule has 98 valence electrons. The molecule has 0 bridgehead atoms. The summed E-state index contributed by atoms with van der Waals surface area (Å²) in [5.74, 6) is 0. The summed E-state index contributed by atoms with van der Waals surface area (Å²) >= 11 is 0. The van der Waals surface area contributed by atoms with Crippen LogP contribution in [0.4, 0.5) is 0 Å². The first-order chi connectivity index (χ1) is 8.72. The maximum absolute atomic E-state index is 10.1. The van der Waals surface area contributed by atoms with Crippen molar-refractivity contribution in [3.63, 3.8) is 0 Å². The molecule has 0 fully saturated rings. The van der Waals surface area contributed by atoms with Crippen molar-refractivity contribution >= 4 is 11.0 Å². The Bertz CT molecular complexity index is 507. The fourth-order valence-electron chi connectivity index (χ4n) is 2.02. The molecular formula is C14H21N3O. The molecule has 4 heteroatoms. The van der Waals surface area contributed by atoms with Crippen molar-refractivity contribution in [1.29, 1.82) is 0 Å². The lowest BCUT2D eigenvalue weighted by molar-refractivity contribution is 0.175. The van der Waals surface area contributed by atoms with Crippen LogP contribution in [0.25, 0.3) is 11.0 Å². The number of aryl methyl sites for hydroxylation is 1. The van der Waals surface area contributed by atoms with Gasteiger partial charge in [0, 0.05) is 13.6 Å². The maximum atomic E-state index is 10.1. The quantitative estimate of drug-likeness (QED) is 0.768. The Morgan fingerprint density at radius 3 is 3.06 bits per heavy atom. The molecule has 1 heterocycles. The van der Waals surface area contributed by atoms with Gasteiger partial charge in [0.15, 0.2) is 0 Å². The average molecular weight is 247 g/mol. The van der Waals surface area contributed by atoms with E-state index < -0.39 is 6.10 Å². The Balaban J connectivity index is 2.01. The van der Waals surface area contributed by atoms with Gasteiger partial charge in [0.2, 0.25) is 0 Å². The van der Waals surface area contributed by atoms with Gasteiger partial charge in [-0.25, -0.2) is 4.98 Å². The molecule has 0 radical (unpaired) electrons. The van der Waals surface area contributed by atoms with E-state index in [2.05, 4.69) is 17.2 Å². The number of imidazole rings is 1. The molecule has 18 heavy (non-hydrogen) atoms.